The standard InChI is InChI=1S/C13H11BrN4/c14-10-1-2-12-11(7-10)17-13(15)18(12)8-9-3-5-16-6-4-9/h1-7H,8H2,(H2,15,17). The molecule has 2 heterocycles. The Labute approximate surface area is 113 Å². The molecular weight excluding hydrogens is 292 g/mol. The van der Waals surface area contributed by atoms with Crippen LogP contribution in [0.4, 0.5) is 5.95 Å². The lowest BCUT2D eigenvalue weighted by atomic mass is 10.2. The van der Waals surface area contributed by atoms with Gasteiger partial charge >= 0.3 is 0 Å². The van der Waals surface area contributed by atoms with Crippen LogP contribution in [0.5, 0.6) is 0 Å². The van der Waals surface area contributed by atoms with E-state index >= 15 is 0 Å². The molecule has 0 unspecified atom stereocenters. The first kappa shape index (κ1) is 11.2. The summed E-state index contributed by atoms with van der Waals surface area (Å²) in [5.41, 5.74) is 9.06. The molecule has 2 N–H and O–H groups in total. The summed E-state index contributed by atoms with van der Waals surface area (Å²) in [6.45, 7) is 0.701. The van der Waals surface area contributed by atoms with E-state index in [0.29, 0.717) is 12.5 Å². The number of nitrogen functional groups attached to an aromatic ring is 1. The van der Waals surface area contributed by atoms with E-state index in [-0.39, 0.29) is 0 Å². The number of rotatable bonds is 2. The van der Waals surface area contributed by atoms with Crippen LogP contribution >= 0.6 is 15.9 Å². The van der Waals surface area contributed by atoms with Crippen molar-refractivity contribution in [1.29, 1.82) is 0 Å². The molecule has 1 aromatic carbocycles. The van der Waals surface area contributed by atoms with E-state index in [9.17, 15) is 0 Å². The smallest absolute Gasteiger partial charge is 0.201 e. The number of benzene rings is 1. The minimum absolute atomic E-state index is 0.528. The van der Waals surface area contributed by atoms with Crippen LogP contribution in [0.1, 0.15) is 5.56 Å². The molecule has 0 aliphatic heterocycles. The average Bonchev–Trinajstić information content (AvgIpc) is 2.66. The van der Waals surface area contributed by atoms with Gasteiger partial charge in [0.15, 0.2) is 0 Å². The lowest BCUT2D eigenvalue weighted by Crippen LogP contribution is -2.04. The van der Waals surface area contributed by atoms with Crippen LogP contribution in [0.15, 0.2) is 47.2 Å². The minimum atomic E-state index is 0.528. The maximum Gasteiger partial charge on any atom is 0.201 e. The molecular formula is C13H11BrN4. The van der Waals surface area contributed by atoms with Gasteiger partial charge in [-0.1, -0.05) is 15.9 Å². The maximum atomic E-state index is 5.97. The molecule has 0 bridgehead atoms. The predicted molar refractivity (Wildman–Crippen MR) is 75.2 cm³/mol. The van der Waals surface area contributed by atoms with E-state index in [1.807, 2.05) is 34.9 Å². The summed E-state index contributed by atoms with van der Waals surface area (Å²) in [5, 5.41) is 0. The van der Waals surface area contributed by atoms with E-state index in [1.54, 1.807) is 12.4 Å². The molecule has 0 radical (unpaired) electrons. The van der Waals surface area contributed by atoms with Gasteiger partial charge in [-0.15, -0.1) is 0 Å². The molecule has 3 aromatic rings. The third-order valence-electron chi connectivity index (χ3n) is 2.83. The number of nitrogens with two attached hydrogens (primary N) is 1. The Bertz CT molecular complexity index is 691. The topological polar surface area (TPSA) is 56.7 Å². The lowest BCUT2D eigenvalue weighted by molar-refractivity contribution is 0.836. The summed E-state index contributed by atoms with van der Waals surface area (Å²) in [5.74, 6) is 0.528. The van der Waals surface area contributed by atoms with Crippen LogP contribution in [-0.2, 0) is 6.54 Å². The highest BCUT2D eigenvalue weighted by atomic mass is 79.9. The molecule has 4 nitrogen and oxygen atoms in total. The molecule has 18 heavy (non-hydrogen) atoms. The van der Waals surface area contributed by atoms with E-state index in [4.69, 9.17) is 5.73 Å². The molecule has 0 saturated heterocycles. The van der Waals surface area contributed by atoms with Crippen molar-refractivity contribution < 1.29 is 0 Å². The van der Waals surface area contributed by atoms with Gasteiger partial charge in [0.05, 0.1) is 17.6 Å². The van der Waals surface area contributed by atoms with Crippen molar-refractivity contribution in [2.45, 2.75) is 6.54 Å². The van der Waals surface area contributed by atoms with Crippen LogP contribution in [0, 0.1) is 0 Å². The van der Waals surface area contributed by atoms with Crippen LogP contribution in [0.3, 0.4) is 0 Å². The number of nitrogens with zero attached hydrogens (tertiary/aromatic N) is 3. The van der Waals surface area contributed by atoms with Crippen molar-refractivity contribution in [2.75, 3.05) is 5.73 Å². The van der Waals surface area contributed by atoms with E-state index in [1.165, 1.54) is 0 Å². The predicted octanol–water partition coefficient (Wildman–Crippen LogP) is 2.82. The van der Waals surface area contributed by atoms with Crippen LogP contribution in [0.2, 0.25) is 0 Å². The molecule has 0 aliphatic rings. The van der Waals surface area contributed by atoms with Crippen molar-refractivity contribution in [3.05, 3.63) is 52.8 Å². The normalized spacial score (nSPS) is 10.9. The van der Waals surface area contributed by atoms with Crippen molar-refractivity contribution in [3.63, 3.8) is 0 Å². The fraction of sp³-hybridized carbons (Fsp3) is 0.0769. The number of hydrogen-bond donors (Lipinski definition) is 1. The first-order valence-corrected chi connectivity index (χ1v) is 6.33. The monoisotopic (exact) mass is 302 g/mol. The van der Waals surface area contributed by atoms with E-state index in [0.717, 1.165) is 21.1 Å². The minimum Gasteiger partial charge on any atom is -0.369 e. The highest BCUT2D eigenvalue weighted by Crippen LogP contribution is 2.22. The zero-order valence-electron chi connectivity index (χ0n) is 9.55. The molecule has 3 rings (SSSR count). The third kappa shape index (κ3) is 1.97. The van der Waals surface area contributed by atoms with Crippen molar-refractivity contribution in [1.82, 2.24) is 14.5 Å². The van der Waals surface area contributed by atoms with Crippen molar-refractivity contribution in [3.8, 4) is 0 Å². The zero-order valence-corrected chi connectivity index (χ0v) is 11.1. The molecule has 0 saturated carbocycles. The van der Waals surface area contributed by atoms with Gasteiger partial charge in [0.1, 0.15) is 0 Å². The van der Waals surface area contributed by atoms with Gasteiger partial charge < -0.3 is 10.3 Å². The Morgan fingerprint density at radius 1 is 1.17 bits per heavy atom. The van der Waals surface area contributed by atoms with Gasteiger partial charge in [0.2, 0.25) is 5.95 Å². The number of pyridine rings is 1. The van der Waals surface area contributed by atoms with Gasteiger partial charge in [-0.25, -0.2) is 4.98 Å². The van der Waals surface area contributed by atoms with Gasteiger partial charge in [-0.3, -0.25) is 4.98 Å². The number of fused-ring (bicyclic) bond motifs is 1. The Morgan fingerprint density at radius 3 is 2.72 bits per heavy atom. The van der Waals surface area contributed by atoms with Crippen LogP contribution in [0.25, 0.3) is 11.0 Å². The molecule has 5 heteroatoms. The van der Waals surface area contributed by atoms with Crippen LogP contribution in [-0.4, -0.2) is 14.5 Å². The van der Waals surface area contributed by atoms with Crippen LogP contribution < -0.4 is 5.73 Å². The Kier molecular flexibility index (Phi) is 2.76. The summed E-state index contributed by atoms with van der Waals surface area (Å²) in [6.07, 6.45) is 3.56. The number of halogens is 1. The van der Waals surface area contributed by atoms with E-state index < -0.39 is 0 Å². The largest absolute Gasteiger partial charge is 0.369 e. The second kappa shape index (κ2) is 4.42. The summed E-state index contributed by atoms with van der Waals surface area (Å²) in [6, 6.07) is 9.93. The fourth-order valence-corrected chi connectivity index (χ4v) is 2.31. The third-order valence-corrected chi connectivity index (χ3v) is 3.32. The van der Waals surface area contributed by atoms with Gasteiger partial charge in [-0.05, 0) is 35.9 Å². The van der Waals surface area contributed by atoms with Gasteiger partial charge in [0, 0.05) is 16.9 Å². The Hall–Kier alpha value is -1.88. The van der Waals surface area contributed by atoms with Gasteiger partial charge in [-0.2, -0.15) is 0 Å². The summed E-state index contributed by atoms with van der Waals surface area (Å²) >= 11 is 3.43. The molecule has 0 aliphatic carbocycles. The first-order chi connectivity index (χ1) is 8.74. The molecule has 0 fully saturated rings. The van der Waals surface area contributed by atoms with Crippen molar-refractivity contribution >= 4 is 32.9 Å². The fourth-order valence-electron chi connectivity index (χ4n) is 1.96. The zero-order chi connectivity index (χ0) is 12.5. The lowest BCUT2D eigenvalue weighted by Gasteiger charge is -2.06. The molecule has 0 amide bonds. The van der Waals surface area contributed by atoms with Crippen molar-refractivity contribution in [2.24, 2.45) is 0 Å². The van der Waals surface area contributed by atoms with Gasteiger partial charge in [0.25, 0.3) is 0 Å². The Morgan fingerprint density at radius 2 is 1.94 bits per heavy atom. The quantitative estimate of drug-likeness (QED) is 0.792. The summed E-state index contributed by atoms with van der Waals surface area (Å²) in [4.78, 5) is 8.37. The second-order valence-corrected chi connectivity index (χ2v) is 4.96. The highest BCUT2D eigenvalue weighted by Gasteiger charge is 2.08. The average molecular weight is 303 g/mol. The first-order valence-electron chi connectivity index (χ1n) is 5.54. The Balaban J connectivity index is 2.09. The maximum absolute atomic E-state index is 5.97. The second-order valence-electron chi connectivity index (χ2n) is 4.04. The number of aromatic nitrogens is 3. The number of anilines is 1. The molecule has 2 aromatic heterocycles. The molecule has 90 valence electrons. The highest BCUT2D eigenvalue weighted by molar-refractivity contribution is 9.10. The summed E-state index contributed by atoms with van der Waals surface area (Å²) < 4.78 is 3.00. The SMILES string of the molecule is Nc1nc2cc(Br)ccc2n1Cc1ccncc1. The number of hydrogen-bond acceptors (Lipinski definition) is 3. The molecule has 0 atom stereocenters. The number of imidazole rings is 1. The summed E-state index contributed by atoms with van der Waals surface area (Å²) in [7, 11) is 0. The molecule has 0 spiro atoms. The van der Waals surface area contributed by atoms with E-state index in [2.05, 4.69) is 25.9 Å².